The van der Waals surface area contributed by atoms with Crippen molar-refractivity contribution in [2.75, 3.05) is 60.0 Å². The van der Waals surface area contributed by atoms with E-state index in [-0.39, 0.29) is 5.91 Å². The van der Waals surface area contributed by atoms with Crippen molar-refractivity contribution in [1.29, 1.82) is 5.26 Å². The van der Waals surface area contributed by atoms with Crippen LogP contribution >= 0.6 is 0 Å². The van der Waals surface area contributed by atoms with Crippen LogP contribution in [-0.2, 0) is 11.2 Å². The molecule has 2 saturated heterocycles. The summed E-state index contributed by atoms with van der Waals surface area (Å²) in [6, 6.07) is 18.3. The maximum atomic E-state index is 12.9. The minimum absolute atomic E-state index is 0.164. The number of rotatable bonds is 7. The van der Waals surface area contributed by atoms with Crippen molar-refractivity contribution < 1.29 is 9.53 Å². The quantitative estimate of drug-likeness (QED) is 0.336. The number of hydrogen-bond acceptors (Lipinski definition) is 7. The predicted molar refractivity (Wildman–Crippen MR) is 162 cm³/mol. The number of nitriles is 1. The number of carbonyl (C=O) groups excluding carboxylic acids is 1. The summed E-state index contributed by atoms with van der Waals surface area (Å²) in [6.45, 7) is 6.10. The number of fused-ring (bicyclic) bond motifs is 1. The highest BCUT2D eigenvalue weighted by atomic mass is 16.5. The second-order valence-electron chi connectivity index (χ2n) is 11.6. The molecule has 9 nitrogen and oxygen atoms in total. The molecular formula is C33H37N7O2. The normalized spacial score (nSPS) is 18.2. The standard InChI is InChI=1S/C33H37N7O2/c1-37-16-18-39(19-17-37)29(41)20-24-5-9-27(10-6-24)30-31(28-11-7-25(21-34)8-12-28)36-33(40-15-13-35-32(30)40)42-23-26-4-3-14-38(2)22-26/h5-13,15,26H,3-4,14,16-20,22-23H2,1-2H3/t26-/m1/s1. The van der Waals surface area contributed by atoms with Crippen molar-refractivity contribution in [2.45, 2.75) is 19.3 Å². The van der Waals surface area contributed by atoms with E-state index in [4.69, 9.17) is 14.7 Å². The highest BCUT2D eigenvalue weighted by Crippen LogP contribution is 2.36. The molecule has 2 aromatic heterocycles. The number of hydrogen-bond donors (Lipinski definition) is 0. The first-order valence-corrected chi connectivity index (χ1v) is 14.7. The molecule has 0 radical (unpaired) electrons. The molecule has 2 aliphatic heterocycles. The molecule has 1 amide bonds. The van der Waals surface area contributed by atoms with E-state index in [1.807, 2.05) is 64.0 Å². The summed E-state index contributed by atoms with van der Waals surface area (Å²) < 4.78 is 8.29. The molecular weight excluding hydrogens is 526 g/mol. The zero-order valence-electron chi connectivity index (χ0n) is 24.4. The Kier molecular flexibility index (Phi) is 8.17. The van der Waals surface area contributed by atoms with Crippen molar-refractivity contribution in [3.05, 3.63) is 72.1 Å². The van der Waals surface area contributed by atoms with Gasteiger partial charge in [0, 0.05) is 56.6 Å². The van der Waals surface area contributed by atoms with Gasteiger partial charge in [-0.05, 0) is 56.7 Å². The van der Waals surface area contributed by atoms with Gasteiger partial charge in [-0.1, -0.05) is 36.4 Å². The summed E-state index contributed by atoms with van der Waals surface area (Å²) in [6.07, 6.45) is 6.35. The Balaban J connectivity index is 1.33. The van der Waals surface area contributed by atoms with Crippen LogP contribution in [0.3, 0.4) is 0 Å². The third kappa shape index (κ3) is 6.01. The monoisotopic (exact) mass is 563 g/mol. The van der Waals surface area contributed by atoms with Crippen LogP contribution in [0.2, 0.25) is 0 Å². The Bertz CT molecular complexity index is 1580. The van der Waals surface area contributed by atoms with Crippen molar-refractivity contribution in [3.63, 3.8) is 0 Å². The largest absolute Gasteiger partial charge is 0.464 e. The number of piperazine rings is 1. The minimum atomic E-state index is 0.164. The van der Waals surface area contributed by atoms with Gasteiger partial charge in [-0.2, -0.15) is 10.2 Å². The number of likely N-dealkylation sites (tertiary alicyclic amines) is 1. The van der Waals surface area contributed by atoms with Gasteiger partial charge in [-0.15, -0.1) is 0 Å². The van der Waals surface area contributed by atoms with E-state index >= 15 is 0 Å². The third-order valence-electron chi connectivity index (χ3n) is 8.43. The first-order valence-electron chi connectivity index (χ1n) is 14.7. The minimum Gasteiger partial charge on any atom is -0.464 e. The Labute approximate surface area is 247 Å². The first kappa shape index (κ1) is 27.9. The molecule has 0 N–H and O–H groups in total. The first-order chi connectivity index (χ1) is 20.5. The maximum Gasteiger partial charge on any atom is 0.302 e. The number of benzene rings is 2. The molecule has 2 aliphatic rings. The molecule has 1 atom stereocenters. The lowest BCUT2D eigenvalue weighted by molar-refractivity contribution is -0.132. The molecule has 6 rings (SSSR count). The van der Waals surface area contributed by atoms with Crippen molar-refractivity contribution in [2.24, 2.45) is 5.92 Å². The topological polar surface area (TPSA) is 90.0 Å². The van der Waals surface area contributed by atoms with E-state index in [0.29, 0.717) is 30.5 Å². The molecule has 42 heavy (non-hydrogen) atoms. The Morgan fingerprint density at radius 1 is 0.976 bits per heavy atom. The lowest BCUT2D eigenvalue weighted by Crippen LogP contribution is -2.47. The molecule has 4 aromatic rings. The summed E-state index contributed by atoms with van der Waals surface area (Å²) in [5.41, 5.74) is 5.78. The van der Waals surface area contributed by atoms with Crippen LogP contribution in [0.25, 0.3) is 28.0 Å². The fraction of sp³-hybridized carbons (Fsp3) is 0.394. The van der Waals surface area contributed by atoms with Gasteiger partial charge in [-0.3, -0.25) is 9.20 Å². The number of imidazole rings is 1. The van der Waals surface area contributed by atoms with Crippen LogP contribution in [0.1, 0.15) is 24.0 Å². The zero-order valence-corrected chi connectivity index (χ0v) is 24.4. The molecule has 0 unspecified atom stereocenters. The molecule has 0 spiro atoms. The highest BCUT2D eigenvalue weighted by molar-refractivity contribution is 5.90. The molecule has 216 valence electrons. The van der Waals surface area contributed by atoms with Gasteiger partial charge in [0.15, 0.2) is 5.65 Å². The SMILES string of the molecule is CN1CCN(C(=O)Cc2ccc(-c3c(-c4ccc(C#N)cc4)nc(OC[C@@H]4CCCN(C)C4)n4ccnc34)cc2)CC1. The number of ether oxygens (including phenoxy) is 1. The van der Waals surface area contributed by atoms with E-state index in [1.54, 1.807) is 6.20 Å². The molecule has 2 aromatic carbocycles. The number of amides is 1. The summed E-state index contributed by atoms with van der Waals surface area (Å²) in [5, 5.41) is 9.35. The van der Waals surface area contributed by atoms with Crippen LogP contribution < -0.4 is 4.74 Å². The number of carbonyl (C=O) groups is 1. The van der Waals surface area contributed by atoms with E-state index in [1.165, 1.54) is 6.42 Å². The van der Waals surface area contributed by atoms with Crippen LogP contribution in [0, 0.1) is 17.2 Å². The van der Waals surface area contributed by atoms with Crippen LogP contribution in [0.4, 0.5) is 0 Å². The van der Waals surface area contributed by atoms with E-state index < -0.39 is 0 Å². The van der Waals surface area contributed by atoms with Gasteiger partial charge in [0.2, 0.25) is 5.91 Å². The second-order valence-corrected chi connectivity index (χ2v) is 11.6. The van der Waals surface area contributed by atoms with Gasteiger partial charge in [0.25, 0.3) is 0 Å². The molecule has 9 heteroatoms. The van der Waals surface area contributed by atoms with Gasteiger partial charge in [-0.25, -0.2) is 4.98 Å². The van der Waals surface area contributed by atoms with Crippen molar-refractivity contribution >= 4 is 11.6 Å². The van der Waals surface area contributed by atoms with E-state index in [2.05, 4.69) is 30.0 Å². The van der Waals surface area contributed by atoms with Gasteiger partial charge >= 0.3 is 6.01 Å². The summed E-state index contributed by atoms with van der Waals surface area (Å²) in [7, 11) is 4.25. The third-order valence-corrected chi connectivity index (χ3v) is 8.43. The van der Waals surface area contributed by atoms with E-state index in [9.17, 15) is 10.1 Å². The number of likely N-dealkylation sites (N-methyl/N-ethyl adjacent to an activating group) is 1. The van der Waals surface area contributed by atoms with E-state index in [0.717, 1.165) is 79.3 Å². The molecule has 0 bridgehead atoms. The van der Waals surface area contributed by atoms with Crippen molar-refractivity contribution in [3.8, 4) is 34.5 Å². The fourth-order valence-electron chi connectivity index (χ4n) is 5.97. The molecule has 0 aliphatic carbocycles. The average molecular weight is 564 g/mol. The number of nitrogens with zero attached hydrogens (tertiary/aromatic N) is 7. The lowest BCUT2D eigenvalue weighted by atomic mass is 9.98. The summed E-state index contributed by atoms with van der Waals surface area (Å²) >= 11 is 0. The Morgan fingerprint density at radius 3 is 2.43 bits per heavy atom. The van der Waals surface area contributed by atoms with Gasteiger partial charge in [0.1, 0.15) is 0 Å². The Morgan fingerprint density at radius 2 is 1.71 bits per heavy atom. The van der Waals surface area contributed by atoms with Crippen LogP contribution in [0.15, 0.2) is 60.9 Å². The van der Waals surface area contributed by atoms with Crippen LogP contribution in [0.5, 0.6) is 6.01 Å². The predicted octanol–water partition coefficient (Wildman–Crippen LogP) is 3.97. The number of piperidine rings is 1. The zero-order chi connectivity index (χ0) is 29.1. The Hall–Kier alpha value is -4.26. The number of aromatic nitrogens is 3. The van der Waals surface area contributed by atoms with Gasteiger partial charge < -0.3 is 19.4 Å². The average Bonchev–Trinajstić information content (AvgIpc) is 3.51. The molecule has 4 heterocycles. The summed E-state index contributed by atoms with van der Waals surface area (Å²) in [4.78, 5) is 29.3. The lowest BCUT2D eigenvalue weighted by Gasteiger charge is -2.32. The maximum absolute atomic E-state index is 12.9. The van der Waals surface area contributed by atoms with Gasteiger partial charge in [0.05, 0.1) is 35.9 Å². The second kappa shape index (κ2) is 12.3. The van der Waals surface area contributed by atoms with Crippen molar-refractivity contribution in [1.82, 2.24) is 29.1 Å². The van der Waals surface area contributed by atoms with Crippen LogP contribution in [-0.4, -0.2) is 94.9 Å². The molecule has 2 fully saturated rings. The highest BCUT2D eigenvalue weighted by Gasteiger charge is 2.23. The molecule has 0 saturated carbocycles. The summed E-state index contributed by atoms with van der Waals surface area (Å²) in [5.74, 6) is 0.611. The smallest absolute Gasteiger partial charge is 0.302 e. The fourth-order valence-corrected chi connectivity index (χ4v) is 5.97.